The number of aromatic nitrogens is 3. The molecule has 0 atom stereocenters. The van der Waals surface area contributed by atoms with Crippen molar-refractivity contribution in [1.29, 1.82) is 0 Å². The van der Waals surface area contributed by atoms with Crippen molar-refractivity contribution in [3.05, 3.63) is 164 Å². The lowest BCUT2D eigenvalue weighted by atomic mass is 9.99. The Morgan fingerprint density at radius 3 is 1.65 bits per heavy atom. The Hall–Kier alpha value is -6.49. The number of thiophene rings is 1. The Labute approximate surface area is 298 Å². The van der Waals surface area contributed by atoms with Crippen molar-refractivity contribution in [1.82, 2.24) is 15.0 Å². The molecule has 11 rings (SSSR count). The van der Waals surface area contributed by atoms with Crippen molar-refractivity contribution >= 4 is 53.1 Å². The van der Waals surface area contributed by atoms with Crippen molar-refractivity contribution in [2.75, 3.05) is 0 Å². The van der Waals surface area contributed by atoms with E-state index in [0.717, 1.165) is 22.1 Å². The first-order valence-corrected chi connectivity index (χ1v) is 18.0. The van der Waals surface area contributed by atoms with Crippen molar-refractivity contribution in [2.24, 2.45) is 0 Å². The predicted octanol–water partition coefficient (Wildman–Crippen LogP) is 12.9. The summed E-state index contributed by atoms with van der Waals surface area (Å²) in [5.74, 6) is 2.00. The highest BCUT2D eigenvalue weighted by Gasteiger charge is 2.24. The van der Waals surface area contributed by atoms with Crippen LogP contribution in [0.15, 0.2) is 164 Å². The average molecular weight is 666 g/mol. The van der Waals surface area contributed by atoms with Crippen LogP contribution in [0.25, 0.3) is 109 Å². The molecule has 0 N–H and O–H groups in total. The second-order valence-electron chi connectivity index (χ2n) is 13.2. The zero-order valence-corrected chi connectivity index (χ0v) is 28.2. The third-order valence-electron chi connectivity index (χ3n) is 10.2. The summed E-state index contributed by atoms with van der Waals surface area (Å²) in [6, 6.07) is 58.4. The van der Waals surface area contributed by atoms with Crippen molar-refractivity contribution in [2.45, 2.75) is 0 Å². The van der Waals surface area contributed by atoms with Crippen molar-refractivity contribution in [3.8, 4) is 67.5 Å². The monoisotopic (exact) mass is 665 g/mol. The van der Waals surface area contributed by atoms with E-state index in [0.29, 0.717) is 17.5 Å². The van der Waals surface area contributed by atoms with Crippen LogP contribution in [-0.4, -0.2) is 15.0 Å². The fourth-order valence-corrected chi connectivity index (χ4v) is 8.98. The highest BCUT2D eigenvalue weighted by atomic mass is 32.1. The number of rotatable bonds is 4. The summed E-state index contributed by atoms with van der Waals surface area (Å²) in [5, 5.41) is 7.37. The van der Waals surface area contributed by atoms with E-state index in [-0.39, 0.29) is 0 Å². The Kier molecular flexibility index (Phi) is 6.12. The molecule has 2 heterocycles. The minimum absolute atomic E-state index is 0.660. The van der Waals surface area contributed by atoms with E-state index in [9.17, 15) is 0 Å². The number of fused-ring (bicyclic) bond motifs is 7. The molecule has 0 bridgehead atoms. The third-order valence-corrected chi connectivity index (χ3v) is 11.4. The van der Waals surface area contributed by atoms with Gasteiger partial charge in [-0.1, -0.05) is 133 Å². The lowest BCUT2D eigenvalue weighted by Crippen LogP contribution is -2.00. The van der Waals surface area contributed by atoms with Crippen LogP contribution in [-0.2, 0) is 0 Å². The van der Waals surface area contributed by atoms with Gasteiger partial charge in [0.05, 0.1) is 0 Å². The summed E-state index contributed by atoms with van der Waals surface area (Å²) in [6.45, 7) is 0. The molecule has 10 aromatic rings. The molecule has 8 aromatic carbocycles. The topological polar surface area (TPSA) is 38.7 Å². The van der Waals surface area contributed by atoms with Gasteiger partial charge in [-0.2, -0.15) is 0 Å². The van der Waals surface area contributed by atoms with Gasteiger partial charge < -0.3 is 0 Å². The van der Waals surface area contributed by atoms with Gasteiger partial charge in [0.25, 0.3) is 0 Å². The minimum atomic E-state index is 0.660. The van der Waals surface area contributed by atoms with Gasteiger partial charge in [-0.05, 0) is 85.3 Å². The van der Waals surface area contributed by atoms with Gasteiger partial charge in [0.2, 0.25) is 0 Å². The molecule has 236 valence electrons. The van der Waals surface area contributed by atoms with Crippen LogP contribution in [0.3, 0.4) is 0 Å². The smallest absolute Gasteiger partial charge is 0.164 e. The quantitative estimate of drug-likeness (QED) is 0.188. The molecule has 0 amide bonds. The Bertz CT molecular complexity index is 3010. The Balaban J connectivity index is 1.10. The van der Waals surface area contributed by atoms with Crippen LogP contribution in [0.4, 0.5) is 0 Å². The molecule has 0 radical (unpaired) electrons. The molecule has 1 aliphatic carbocycles. The van der Waals surface area contributed by atoms with Crippen LogP contribution in [0, 0.1) is 0 Å². The van der Waals surface area contributed by atoms with Crippen LogP contribution in [0.1, 0.15) is 0 Å². The van der Waals surface area contributed by atoms with E-state index in [1.807, 2.05) is 29.5 Å². The molecule has 3 nitrogen and oxygen atoms in total. The van der Waals surface area contributed by atoms with E-state index in [1.165, 1.54) is 69.7 Å². The van der Waals surface area contributed by atoms with Crippen LogP contribution in [0.2, 0.25) is 0 Å². The second kappa shape index (κ2) is 11.0. The van der Waals surface area contributed by atoms with Gasteiger partial charge in [0.1, 0.15) is 0 Å². The highest BCUT2D eigenvalue weighted by molar-refractivity contribution is 7.26. The molecule has 0 unspecified atom stereocenters. The van der Waals surface area contributed by atoms with Crippen LogP contribution in [0.5, 0.6) is 0 Å². The Morgan fingerprint density at radius 1 is 0.314 bits per heavy atom. The van der Waals surface area contributed by atoms with Gasteiger partial charge in [-0.25, -0.2) is 15.0 Å². The molecular weight excluding hydrogens is 639 g/mol. The standard InChI is InChI=1S/C47H27N3S/c1-3-10-28(11-4-1)31-20-21-33-25-34(23-22-32(33)24-31)46-48-45(30-12-5-2-6-13-30)49-47(50-46)37-18-9-19-41-44(37)40-26-38-35-16-7-14-29-15-8-17-36(43(29)35)39(38)27-42(40)51-41/h1-27H. The molecule has 4 heteroatoms. The summed E-state index contributed by atoms with van der Waals surface area (Å²) in [5.41, 5.74) is 10.6. The van der Waals surface area contributed by atoms with E-state index in [4.69, 9.17) is 15.0 Å². The molecule has 0 fully saturated rings. The Morgan fingerprint density at radius 2 is 0.902 bits per heavy atom. The second-order valence-corrected chi connectivity index (χ2v) is 14.3. The zero-order valence-electron chi connectivity index (χ0n) is 27.3. The maximum Gasteiger partial charge on any atom is 0.164 e. The molecule has 0 spiro atoms. The number of hydrogen-bond donors (Lipinski definition) is 0. The fraction of sp³-hybridized carbons (Fsp3) is 0. The predicted molar refractivity (Wildman–Crippen MR) is 214 cm³/mol. The normalized spacial score (nSPS) is 11.9. The molecular formula is C47H27N3S. The third kappa shape index (κ3) is 4.47. The maximum absolute atomic E-state index is 5.23. The summed E-state index contributed by atoms with van der Waals surface area (Å²) in [7, 11) is 0. The van der Waals surface area contributed by atoms with Gasteiger partial charge in [0, 0.05) is 36.9 Å². The highest BCUT2D eigenvalue weighted by Crippen LogP contribution is 2.51. The van der Waals surface area contributed by atoms with Gasteiger partial charge in [0.15, 0.2) is 17.5 Å². The molecule has 51 heavy (non-hydrogen) atoms. The lowest BCUT2D eigenvalue weighted by molar-refractivity contribution is 1.08. The van der Waals surface area contributed by atoms with E-state index in [2.05, 4.69) is 146 Å². The van der Waals surface area contributed by atoms with Crippen LogP contribution >= 0.6 is 11.3 Å². The largest absolute Gasteiger partial charge is 0.208 e. The number of benzene rings is 8. The van der Waals surface area contributed by atoms with Crippen molar-refractivity contribution in [3.63, 3.8) is 0 Å². The van der Waals surface area contributed by atoms with Crippen molar-refractivity contribution < 1.29 is 0 Å². The summed E-state index contributed by atoms with van der Waals surface area (Å²) in [4.78, 5) is 15.5. The van der Waals surface area contributed by atoms with E-state index < -0.39 is 0 Å². The maximum atomic E-state index is 5.23. The van der Waals surface area contributed by atoms with Gasteiger partial charge >= 0.3 is 0 Å². The molecule has 0 saturated heterocycles. The fourth-order valence-electron chi connectivity index (χ4n) is 7.83. The minimum Gasteiger partial charge on any atom is -0.208 e. The van der Waals surface area contributed by atoms with E-state index in [1.54, 1.807) is 0 Å². The zero-order chi connectivity index (χ0) is 33.5. The van der Waals surface area contributed by atoms with Crippen LogP contribution < -0.4 is 0 Å². The first-order chi connectivity index (χ1) is 25.2. The lowest BCUT2D eigenvalue weighted by Gasteiger charge is -2.11. The van der Waals surface area contributed by atoms with E-state index >= 15 is 0 Å². The number of nitrogens with zero attached hydrogens (tertiary/aromatic N) is 3. The van der Waals surface area contributed by atoms with Gasteiger partial charge in [-0.15, -0.1) is 11.3 Å². The molecule has 0 aliphatic heterocycles. The van der Waals surface area contributed by atoms with Gasteiger partial charge in [-0.3, -0.25) is 0 Å². The molecule has 2 aromatic heterocycles. The first kappa shape index (κ1) is 28.4. The first-order valence-electron chi connectivity index (χ1n) is 17.2. The summed E-state index contributed by atoms with van der Waals surface area (Å²) in [6.07, 6.45) is 0. The SMILES string of the molecule is c1ccc(-c2ccc3cc(-c4nc(-c5ccccc5)nc(-c5cccc6sc7cc8c(cc7c56)-c5cccc6cccc-8c56)n4)ccc3c2)cc1. The molecule has 0 saturated carbocycles. The summed E-state index contributed by atoms with van der Waals surface area (Å²) >= 11 is 1.84. The number of hydrogen-bond acceptors (Lipinski definition) is 4. The summed E-state index contributed by atoms with van der Waals surface area (Å²) < 4.78 is 2.49. The molecule has 1 aliphatic rings. The average Bonchev–Trinajstić information content (AvgIpc) is 3.73.